The second-order valence-corrected chi connectivity index (χ2v) is 5.98. The van der Waals surface area contributed by atoms with E-state index in [1.165, 1.54) is 7.11 Å². The van der Waals surface area contributed by atoms with Crippen LogP contribution in [-0.2, 0) is 10.0 Å². The molecule has 1 N–H and O–H groups in total. The molecule has 0 atom stereocenters. The highest BCUT2D eigenvalue weighted by Gasteiger charge is 2.11. The van der Waals surface area contributed by atoms with E-state index < -0.39 is 10.0 Å². The van der Waals surface area contributed by atoms with Crippen molar-refractivity contribution in [3.63, 3.8) is 0 Å². The van der Waals surface area contributed by atoms with Crippen molar-refractivity contribution in [1.82, 2.24) is 4.72 Å². The van der Waals surface area contributed by atoms with E-state index in [0.29, 0.717) is 23.7 Å². The maximum atomic E-state index is 11.5. The summed E-state index contributed by atoms with van der Waals surface area (Å²) in [5.74, 6) is 1.69. The molecule has 0 aliphatic carbocycles. The molecule has 1 rings (SSSR count). The van der Waals surface area contributed by atoms with Gasteiger partial charge in [0.05, 0.1) is 20.0 Å². The third-order valence-corrected chi connectivity index (χ3v) is 4.11. The molecule has 0 amide bonds. The summed E-state index contributed by atoms with van der Waals surface area (Å²) in [6.07, 6.45) is 0.583. The molecule has 0 saturated carbocycles. The predicted octanol–water partition coefficient (Wildman–Crippen LogP) is 1.41. The molecule has 1 aromatic rings. The van der Waals surface area contributed by atoms with Crippen molar-refractivity contribution in [2.45, 2.75) is 13.3 Å². The van der Waals surface area contributed by atoms with E-state index in [1.54, 1.807) is 25.3 Å². The van der Waals surface area contributed by atoms with Gasteiger partial charge in [0.1, 0.15) is 6.61 Å². The standard InChI is InChI=1S/C13H21NO5S/c1-4-10-20(15,16)14-8-9-19-12-7-5-6-11(17-2)13(12)18-3/h5-7,14H,4,8-10H2,1-3H3. The zero-order valence-corrected chi connectivity index (χ0v) is 12.8. The Morgan fingerprint density at radius 3 is 2.45 bits per heavy atom. The van der Waals surface area contributed by atoms with Gasteiger partial charge in [-0.05, 0) is 18.6 Å². The fraction of sp³-hybridized carbons (Fsp3) is 0.538. The smallest absolute Gasteiger partial charge is 0.211 e. The number of nitrogens with one attached hydrogen (secondary N) is 1. The van der Waals surface area contributed by atoms with E-state index in [-0.39, 0.29) is 18.9 Å². The largest absolute Gasteiger partial charge is 0.493 e. The predicted molar refractivity (Wildman–Crippen MR) is 77.1 cm³/mol. The average molecular weight is 303 g/mol. The van der Waals surface area contributed by atoms with Gasteiger partial charge >= 0.3 is 0 Å². The fourth-order valence-electron chi connectivity index (χ4n) is 1.67. The van der Waals surface area contributed by atoms with Crippen LogP contribution in [0, 0.1) is 0 Å². The van der Waals surface area contributed by atoms with Gasteiger partial charge in [-0.15, -0.1) is 0 Å². The Bertz CT molecular complexity index is 515. The summed E-state index contributed by atoms with van der Waals surface area (Å²) in [6.45, 7) is 2.24. The molecule has 114 valence electrons. The molecule has 7 heteroatoms. The monoisotopic (exact) mass is 303 g/mol. The van der Waals surface area contributed by atoms with Gasteiger partial charge in [0.25, 0.3) is 0 Å². The molecular formula is C13H21NO5S. The molecular weight excluding hydrogens is 282 g/mol. The van der Waals surface area contributed by atoms with Gasteiger partial charge in [0, 0.05) is 6.54 Å². The summed E-state index contributed by atoms with van der Waals surface area (Å²) in [4.78, 5) is 0. The van der Waals surface area contributed by atoms with Crippen molar-refractivity contribution in [2.24, 2.45) is 0 Å². The van der Waals surface area contributed by atoms with Gasteiger partial charge < -0.3 is 14.2 Å². The summed E-state index contributed by atoms with van der Waals surface area (Å²) < 4.78 is 41.3. The molecule has 0 saturated heterocycles. The van der Waals surface area contributed by atoms with Crippen LogP contribution >= 0.6 is 0 Å². The number of para-hydroxylation sites is 1. The van der Waals surface area contributed by atoms with E-state index in [2.05, 4.69) is 4.72 Å². The van der Waals surface area contributed by atoms with Gasteiger partial charge in [0.2, 0.25) is 15.8 Å². The first-order chi connectivity index (χ1) is 9.54. The molecule has 0 radical (unpaired) electrons. The topological polar surface area (TPSA) is 73.9 Å². The van der Waals surface area contributed by atoms with E-state index in [0.717, 1.165) is 0 Å². The number of sulfonamides is 1. The minimum absolute atomic E-state index is 0.121. The normalized spacial score (nSPS) is 11.2. The lowest BCUT2D eigenvalue weighted by Crippen LogP contribution is -2.30. The number of ether oxygens (including phenoxy) is 3. The van der Waals surface area contributed by atoms with Crippen LogP contribution in [0.1, 0.15) is 13.3 Å². The van der Waals surface area contributed by atoms with Gasteiger partial charge in [-0.3, -0.25) is 0 Å². The maximum Gasteiger partial charge on any atom is 0.211 e. The van der Waals surface area contributed by atoms with Gasteiger partial charge in [0.15, 0.2) is 11.5 Å². The Kier molecular flexibility index (Phi) is 6.60. The van der Waals surface area contributed by atoms with Crippen molar-refractivity contribution in [1.29, 1.82) is 0 Å². The molecule has 0 aliphatic heterocycles. The summed E-state index contributed by atoms with van der Waals surface area (Å²) in [5, 5.41) is 0. The average Bonchev–Trinajstić information content (AvgIpc) is 2.43. The number of hydrogen-bond donors (Lipinski definition) is 1. The Morgan fingerprint density at radius 2 is 1.85 bits per heavy atom. The van der Waals surface area contributed by atoms with Crippen LogP contribution in [0.4, 0.5) is 0 Å². The van der Waals surface area contributed by atoms with Crippen LogP contribution in [0.25, 0.3) is 0 Å². The summed E-state index contributed by atoms with van der Waals surface area (Å²) >= 11 is 0. The highest BCUT2D eigenvalue weighted by molar-refractivity contribution is 7.89. The summed E-state index contributed by atoms with van der Waals surface area (Å²) in [6, 6.07) is 5.27. The maximum absolute atomic E-state index is 11.5. The highest BCUT2D eigenvalue weighted by Crippen LogP contribution is 2.36. The molecule has 0 unspecified atom stereocenters. The molecule has 6 nitrogen and oxygen atoms in total. The first kappa shape index (κ1) is 16.6. The zero-order valence-electron chi connectivity index (χ0n) is 12.0. The quantitative estimate of drug-likeness (QED) is 0.698. The van der Waals surface area contributed by atoms with Crippen LogP contribution in [0.5, 0.6) is 17.2 Å². The second kappa shape index (κ2) is 7.96. The molecule has 1 aromatic carbocycles. The van der Waals surface area contributed by atoms with E-state index in [9.17, 15) is 8.42 Å². The Hall–Kier alpha value is -1.47. The Morgan fingerprint density at radius 1 is 1.15 bits per heavy atom. The number of benzene rings is 1. The summed E-state index contributed by atoms with van der Waals surface area (Å²) in [7, 11) is -0.136. The van der Waals surface area contributed by atoms with Crippen LogP contribution in [0.2, 0.25) is 0 Å². The third-order valence-electron chi connectivity index (χ3n) is 2.52. The van der Waals surface area contributed by atoms with Crippen LogP contribution in [0.3, 0.4) is 0 Å². The third kappa shape index (κ3) is 4.90. The van der Waals surface area contributed by atoms with Crippen LogP contribution in [-0.4, -0.2) is 41.5 Å². The lowest BCUT2D eigenvalue weighted by Gasteiger charge is -2.13. The first-order valence-electron chi connectivity index (χ1n) is 6.35. The summed E-state index contributed by atoms with van der Waals surface area (Å²) in [5.41, 5.74) is 0. The van der Waals surface area contributed by atoms with Gasteiger partial charge in [-0.2, -0.15) is 0 Å². The fourth-order valence-corrected chi connectivity index (χ4v) is 2.75. The second-order valence-electron chi connectivity index (χ2n) is 4.05. The highest BCUT2D eigenvalue weighted by atomic mass is 32.2. The van der Waals surface area contributed by atoms with Crippen LogP contribution < -0.4 is 18.9 Å². The van der Waals surface area contributed by atoms with Crippen molar-refractivity contribution in [3.05, 3.63) is 18.2 Å². The lowest BCUT2D eigenvalue weighted by atomic mass is 10.3. The zero-order chi connectivity index (χ0) is 15.0. The van der Waals surface area contributed by atoms with E-state index in [1.807, 2.05) is 6.92 Å². The van der Waals surface area contributed by atoms with Crippen molar-refractivity contribution in [3.8, 4) is 17.2 Å². The molecule has 0 fully saturated rings. The minimum atomic E-state index is -3.20. The number of rotatable bonds is 9. The molecule has 0 bridgehead atoms. The minimum Gasteiger partial charge on any atom is -0.493 e. The number of methoxy groups -OCH3 is 2. The SMILES string of the molecule is CCCS(=O)(=O)NCCOc1cccc(OC)c1OC. The molecule has 20 heavy (non-hydrogen) atoms. The van der Waals surface area contributed by atoms with E-state index >= 15 is 0 Å². The van der Waals surface area contributed by atoms with Crippen molar-refractivity contribution < 1.29 is 22.6 Å². The lowest BCUT2D eigenvalue weighted by molar-refractivity contribution is 0.287. The molecule has 0 heterocycles. The molecule has 0 spiro atoms. The Balaban J connectivity index is 2.54. The van der Waals surface area contributed by atoms with Crippen molar-refractivity contribution >= 4 is 10.0 Å². The van der Waals surface area contributed by atoms with Gasteiger partial charge in [-0.25, -0.2) is 13.1 Å². The Labute approximate surface area is 120 Å². The van der Waals surface area contributed by atoms with Crippen molar-refractivity contribution in [2.75, 3.05) is 33.1 Å². The number of hydrogen-bond acceptors (Lipinski definition) is 5. The first-order valence-corrected chi connectivity index (χ1v) is 8.00. The molecule has 0 aromatic heterocycles. The molecule has 0 aliphatic rings. The van der Waals surface area contributed by atoms with Gasteiger partial charge in [-0.1, -0.05) is 13.0 Å². The van der Waals surface area contributed by atoms with E-state index in [4.69, 9.17) is 14.2 Å². The van der Waals surface area contributed by atoms with Crippen LogP contribution in [0.15, 0.2) is 18.2 Å².